The summed E-state index contributed by atoms with van der Waals surface area (Å²) in [6.07, 6.45) is -0.997. The highest BCUT2D eigenvalue weighted by Crippen LogP contribution is 2.17. The van der Waals surface area contributed by atoms with E-state index in [0.717, 1.165) is 0 Å². The van der Waals surface area contributed by atoms with Crippen LogP contribution in [-0.2, 0) is 4.79 Å². The standard InChI is InChI=1S/C15H15N3O5S/c19-12(10-3-5-11(6-4-10)18(22)23)8-16-14(20)9-17-15(21)13-2-1-7-24-13/h1-7,12,19H,8-9H2,(H,16,20)(H,17,21). The molecular weight excluding hydrogens is 334 g/mol. The number of nitro groups is 1. The van der Waals surface area contributed by atoms with E-state index in [2.05, 4.69) is 10.6 Å². The van der Waals surface area contributed by atoms with Gasteiger partial charge in [-0.25, -0.2) is 0 Å². The van der Waals surface area contributed by atoms with Crippen molar-refractivity contribution in [2.75, 3.05) is 13.1 Å². The largest absolute Gasteiger partial charge is 0.387 e. The van der Waals surface area contributed by atoms with Crippen LogP contribution in [-0.4, -0.2) is 34.9 Å². The van der Waals surface area contributed by atoms with Crippen LogP contribution in [0.5, 0.6) is 0 Å². The number of non-ortho nitro benzene ring substituents is 1. The lowest BCUT2D eigenvalue weighted by Crippen LogP contribution is -2.38. The smallest absolute Gasteiger partial charge is 0.269 e. The Labute approximate surface area is 141 Å². The molecule has 1 unspecified atom stereocenters. The number of nitrogens with one attached hydrogen (secondary N) is 2. The van der Waals surface area contributed by atoms with E-state index < -0.39 is 16.9 Å². The second-order valence-electron chi connectivity index (χ2n) is 4.83. The topological polar surface area (TPSA) is 122 Å². The van der Waals surface area contributed by atoms with Crippen molar-refractivity contribution in [2.24, 2.45) is 0 Å². The molecule has 126 valence electrons. The van der Waals surface area contributed by atoms with Gasteiger partial charge < -0.3 is 15.7 Å². The van der Waals surface area contributed by atoms with E-state index in [4.69, 9.17) is 0 Å². The van der Waals surface area contributed by atoms with Crippen molar-refractivity contribution in [1.82, 2.24) is 10.6 Å². The van der Waals surface area contributed by atoms with Crippen molar-refractivity contribution in [2.45, 2.75) is 6.10 Å². The van der Waals surface area contributed by atoms with Gasteiger partial charge in [0.15, 0.2) is 0 Å². The number of thiophene rings is 1. The highest BCUT2D eigenvalue weighted by atomic mass is 32.1. The maximum atomic E-state index is 11.7. The maximum absolute atomic E-state index is 11.7. The first-order valence-corrected chi connectivity index (χ1v) is 7.86. The van der Waals surface area contributed by atoms with Gasteiger partial charge in [-0.05, 0) is 29.1 Å². The summed E-state index contributed by atoms with van der Waals surface area (Å²) in [4.78, 5) is 33.9. The molecule has 1 aromatic carbocycles. The number of carbonyl (C=O) groups excluding carboxylic acids is 2. The Bertz CT molecular complexity index is 715. The molecule has 1 heterocycles. The predicted molar refractivity (Wildman–Crippen MR) is 87.7 cm³/mol. The molecular formula is C15H15N3O5S. The van der Waals surface area contributed by atoms with Crippen LogP contribution in [0.15, 0.2) is 41.8 Å². The predicted octanol–water partition coefficient (Wildman–Crippen LogP) is 1.24. The lowest BCUT2D eigenvalue weighted by Gasteiger charge is -2.12. The molecule has 0 radical (unpaired) electrons. The zero-order chi connectivity index (χ0) is 17.5. The number of hydrogen-bond donors (Lipinski definition) is 3. The summed E-state index contributed by atoms with van der Waals surface area (Å²) in [5.74, 6) is -0.781. The normalized spacial score (nSPS) is 11.5. The van der Waals surface area contributed by atoms with Crippen LogP contribution < -0.4 is 10.6 Å². The fourth-order valence-electron chi connectivity index (χ4n) is 1.86. The van der Waals surface area contributed by atoms with Crippen molar-refractivity contribution < 1.29 is 19.6 Å². The Morgan fingerprint density at radius 3 is 2.50 bits per heavy atom. The van der Waals surface area contributed by atoms with Gasteiger partial charge in [0.1, 0.15) is 0 Å². The molecule has 0 fully saturated rings. The molecule has 0 bridgehead atoms. The van der Waals surface area contributed by atoms with Gasteiger partial charge >= 0.3 is 0 Å². The Hall–Kier alpha value is -2.78. The molecule has 0 aliphatic heterocycles. The molecule has 2 amide bonds. The lowest BCUT2D eigenvalue weighted by atomic mass is 10.1. The first-order valence-electron chi connectivity index (χ1n) is 6.98. The highest BCUT2D eigenvalue weighted by molar-refractivity contribution is 7.12. The minimum absolute atomic E-state index is 0.0640. The second-order valence-corrected chi connectivity index (χ2v) is 5.78. The van der Waals surface area contributed by atoms with Crippen molar-refractivity contribution in [1.29, 1.82) is 0 Å². The summed E-state index contributed by atoms with van der Waals surface area (Å²) in [7, 11) is 0. The first-order chi connectivity index (χ1) is 11.5. The number of nitro benzene ring substituents is 1. The summed E-state index contributed by atoms with van der Waals surface area (Å²) in [5.41, 5.74) is 0.370. The van der Waals surface area contributed by atoms with Gasteiger partial charge in [0.05, 0.1) is 22.4 Å². The number of nitrogens with zero attached hydrogens (tertiary/aromatic N) is 1. The fraction of sp³-hybridized carbons (Fsp3) is 0.200. The van der Waals surface area contributed by atoms with E-state index in [0.29, 0.717) is 10.4 Å². The van der Waals surface area contributed by atoms with Gasteiger partial charge in [0, 0.05) is 18.7 Å². The number of rotatable bonds is 7. The van der Waals surface area contributed by atoms with E-state index >= 15 is 0 Å². The summed E-state index contributed by atoms with van der Waals surface area (Å²) in [5, 5.41) is 27.2. The number of aliphatic hydroxyl groups is 1. The molecule has 0 saturated carbocycles. The van der Waals surface area contributed by atoms with Crippen LogP contribution in [0.4, 0.5) is 5.69 Å². The van der Waals surface area contributed by atoms with Crippen LogP contribution in [0.25, 0.3) is 0 Å². The quantitative estimate of drug-likeness (QED) is 0.513. The monoisotopic (exact) mass is 349 g/mol. The molecule has 0 aliphatic carbocycles. The number of amides is 2. The first kappa shape index (κ1) is 17.6. The third-order valence-electron chi connectivity index (χ3n) is 3.14. The Morgan fingerprint density at radius 1 is 1.21 bits per heavy atom. The van der Waals surface area contributed by atoms with Gasteiger partial charge in [-0.15, -0.1) is 11.3 Å². The molecule has 0 spiro atoms. The fourth-order valence-corrected chi connectivity index (χ4v) is 2.50. The minimum atomic E-state index is -0.997. The van der Waals surface area contributed by atoms with Gasteiger partial charge in [0.25, 0.3) is 11.6 Å². The molecule has 9 heteroatoms. The highest BCUT2D eigenvalue weighted by Gasteiger charge is 2.13. The number of hydrogen-bond acceptors (Lipinski definition) is 6. The van der Waals surface area contributed by atoms with E-state index in [1.807, 2.05) is 0 Å². The maximum Gasteiger partial charge on any atom is 0.269 e. The van der Waals surface area contributed by atoms with Crippen molar-refractivity contribution >= 4 is 28.8 Å². The van der Waals surface area contributed by atoms with Crippen molar-refractivity contribution in [3.8, 4) is 0 Å². The van der Waals surface area contributed by atoms with Crippen LogP contribution in [0.2, 0.25) is 0 Å². The van der Waals surface area contributed by atoms with Crippen LogP contribution in [0, 0.1) is 10.1 Å². The van der Waals surface area contributed by atoms with E-state index in [-0.39, 0.29) is 24.7 Å². The number of benzene rings is 1. The van der Waals surface area contributed by atoms with E-state index in [1.165, 1.54) is 35.6 Å². The van der Waals surface area contributed by atoms with Gasteiger partial charge in [-0.1, -0.05) is 6.07 Å². The molecule has 3 N–H and O–H groups in total. The summed E-state index contributed by atoms with van der Waals surface area (Å²) >= 11 is 1.27. The van der Waals surface area contributed by atoms with E-state index in [9.17, 15) is 24.8 Å². The van der Waals surface area contributed by atoms with Crippen LogP contribution >= 0.6 is 11.3 Å². The minimum Gasteiger partial charge on any atom is -0.387 e. The Morgan fingerprint density at radius 2 is 1.92 bits per heavy atom. The Balaban J connectivity index is 1.76. The second kappa shape index (κ2) is 8.18. The molecule has 0 saturated heterocycles. The van der Waals surface area contributed by atoms with Gasteiger partial charge in [0.2, 0.25) is 5.91 Å². The van der Waals surface area contributed by atoms with E-state index in [1.54, 1.807) is 17.5 Å². The average Bonchev–Trinajstić information content (AvgIpc) is 3.12. The van der Waals surface area contributed by atoms with Gasteiger partial charge in [-0.2, -0.15) is 0 Å². The molecule has 0 aliphatic rings. The lowest BCUT2D eigenvalue weighted by molar-refractivity contribution is -0.384. The zero-order valence-electron chi connectivity index (χ0n) is 12.5. The average molecular weight is 349 g/mol. The summed E-state index contributed by atoms with van der Waals surface area (Å²) in [6.45, 7) is -0.269. The van der Waals surface area contributed by atoms with Crippen molar-refractivity contribution in [3.05, 3.63) is 62.3 Å². The summed E-state index contributed by atoms with van der Waals surface area (Å²) < 4.78 is 0. The van der Waals surface area contributed by atoms with Crippen molar-refractivity contribution in [3.63, 3.8) is 0 Å². The third-order valence-corrected chi connectivity index (χ3v) is 4.00. The number of aliphatic hydroxyl groups excluding tert-OH is 1. The molecule has 2 aromatic rings. The zero-order valence-corrected chi connectivity index (χ0v) is 13.3. The molecule has 1 aromatic heterocycles. The summed E-state index contributed by atoms with van der Waals surface area (Å²) in [6, 6.07) is 8.79. The van der Waals surface area contributed by atoms with Gasteiger partial charge in [-0.3, -0.25) is 19.7 Å². The molecule has 24 heavy (non-hydrogen) atoms. The third kappa shape index (κ3) is 4.86. The molecule has 8 nitrogen and oxygen atoms in total. The van der Waals surface area contributed by atoms with Crippen LogP contribution in [0.1, 0.15) is 21.3 Å². The number of carbonyl (C=O) groups is 2. The molecule has 1 atom stereocenters. The SMILES string of the molecule is O=C(CNC(=O)c1cccs1)NCC(O)c1ccc([N+](=O)[O-])cc1. The molecule has 2 rings (SSSR count). The van der Waals surface area contributed by atoms with Crippen LogP contribution in [0.3, 0.4) is 0 Å². The Kier molecular flexibility index (Phi) is 5.99.